The highest BCUT2D eigenvalue weighted by Crippen LogP contribution is 2.28. The Morgan fingerprint density at radius 3 is 2.60 bits per heavy atom. The van der Waals surface area contributed by atoms with Crippen LogP contribution in [0.1, 0.15) is 25.7 Å². The summed E-state index contributed by atoms with van der Waals surface area (Å²) in [6.07, 6.45) is 3.76. The summed E-state index contributed by atoms with van der Waals surface area (Å²) in [5, 5.41) is 11.8. The molecule has 15 heavy (non-hydrogen) atoms. The van der Waals surface area contributed by atoms with E-state index in [9.17, 15) is 4.79 Å². The molecule has 0 aliphatic heterocycles. The topological polar surface area (TPSA) is 58.6 Å². The Bertz CT molecular complexity index is 188. The Hall–Kier alpha value is -0.610. The molecular formula is C11H21NO3. The van der Waals surface area contributed by atoms with Crippen LogP contribution in [0.4, 0.5) is 0 Å². The predicted molar refractivity (Wildman–Crippen MR) is 57.4 cm³/mol. The summed E-state index contributed by atoms with van der Waals surface area (Å²) in [6, 6.07) is 0. The average Bonchev–Trinajstić information content (AvgIpc) is 2.29. The minimum Gasteiger partial charge on any atom is -0.396 e. The summed E-state index contributed by atoms with van der Waals surface area (Å²) >= 11 is 0. The number of hydrogen-bond acceptors (Lipinski definition) is 3. The van der Waals surface area contributed by atoms with Crippen molar-refractivity contribution in [2.45, 2.75) is 25.7 Å². The number of carbonyl (C=O) groups excluding carboxylic acids is 1. The lowest BCUT2D eigenvalue weighted by Crippen LogP contribution is -2.35. The fourth-order valence-corrected chi connectivity index (χ4v) is 2.03. The molecule has 1 saturated carbocycles. The minimum absolute atomic E-state index is 0.142. The standard InChI is InChI=1S/C11H21NO3/c1-15-7-6-12-11(14)10-4-2-9(8-13)3-5-10/h9-10,13H,2-8H2,1H3,(H,12,14). The van der Waals surface area contributed by atoms with Gasteiger partial charge in [-0.15, -0.1) is 0 Å². The van der Waals surface area contributed by atoms with E-state index in [4.69, 9.17) is 9.84 Å². The second kappa shape index (κ2) is 6.80. The van der Waals surface area contributed by atoms with Crippen molar-refractivity contribution in [1.82, 2.24) is 5.32 Å². The fraction of sp³-hybridized carbons (Fsp3) is 0.909. The molecule has 0 radical (unpaired) electrons. The van der Waals surface area contributed by atoms with Crippen LogP contribution < -0.4 is 5.32 Å². The highest BCUT2D eigenvalue weighted by Gasteiger charge is 2.25. The summed E-state index contributed by atoms with van der Waals surface area (Å²) in [4.78, 5) is 11.6. The van der Waals surface area contributed by atoms with Crippen molar-refractivity contribution < 1.29 is 14.6 Å². The molecule has 0 bridgehead atoms. The van der Waals surface area contributed by atoms with Crippen LogP contribution in [0.5, 0.6) is 0 Å². The molecule has 88 valence electrons. The van der Waals surface area contributed by atoms with Gasteiger partial charge in [-0.25, -0.2) is 0 Å². The highest BCUT2D eigenvalue weighted by atomic mass is 16.5. The maximum atomic E-state index is 11.6. The molecule has 0 spiro atoms. The quantitative estimate of drug-likeness (QED) is 0.658. The summed E-state index contributed by atoms with van der Waals surface area (Å²) in [5.41, 5.74) is 0. The van der Waals surface area contributed by atoms with Gasteiger partial charge in [-0.3, -0.25) is 4.79 Å². The van der Waals surface area contributed by atoms with Crippen molar-refractivity contribution in [3.63, 3.8) is 0 Å². The molecule has 4 nitrogen and oxygen atoms in total. The Labute approximate surface area is 91.0 Å². The summed E-state index contributed by atoms with van der Waals surface area (Å²) in [6.45, 7) is 1.42. The number of aliphatic hydroxyl groups is 1. The number of hydrogen-bond donors (Lipinski definition) is 2. The molecule has 0 atom stereocenters. The summed E-state index contributed by atoms with van der Waals surface area (Å²) in [7, 11) is 1.62. The van der Waals surface area contributed by atoms with Crippen molar-refractivity contribution in [1.29, 1.82) is 0 Å². The first-order valence-electron chi connectivity index (χ1n) is 5.65. The van der Waals surface area contributed by atoms with Gasteiger partial charge in [0.05, 0.1) is 6.61 Å². The van der Waals surface area contributed by atoms with Crippen LogP contribution in [0.25, 0.3) is 0 Å². The number of rotatable bonds is 5. The smallest absolute Gasteiger partial charge is 0.223 e. The zero-order chi connectivity index (χ0) is 11.1. The van der Waals surface area contributed by atoms with E-state index in [0.717, 1.165) is 25.7 Å². The molecule has 0 unspecified atom stereocenters. The van der Waals surface area contributed by atoms with E-state index in [1.165, 1.54) is 0 Å². The molecule has 0 aromatic rings. The lowest BCUT2D eigenvalue weighted by Gasteiger charge is -2.26. The largest absolute Gasteiger partial charge is 0.396 e. The van der Waals surface area contributed by atoms with Gasteiger partial charge in [0.15, 0.2) is 0 Å². The molecule has 0 aromatic heterocycles. The number of aliphatic hydroxyl groups excluding tert-OH is 1. The van der Waals surface area contributed by atoms with Crippen LogP contribution in [0.3, 0.4) is 0 Å². The lowest BCUT2D eigenvalue weighted by atomic mass is 9.82. The molecule has 1 fully saturated rings. The van der Waals surface area contributed by atoms with Crippen LogP contribution in [0.15, 0.2) is 0 Å². The maximum absolute atomic E-state index is 11.6. The average molecular weight is 215 g/mol. The van der Waals surface area contributed by atoms with E-state index in [1.807, 2.05) is 0 Å². The SMILES string of the molecule is COCCNC(=O)C1CCC(CO)CC1. The number of methoxy groups -OCH3 is 1. The first-order chi connectivity index (χ1) is 7.27. The molecule has 1 aliphatic carbocycles. The van der Waals surface area contributed by atoms with Crippen LogP contribution in [-0.4, -0.2) is 37.9 Å². The number of carbonyl (C=O) groups is 1. The van der Waals surface area contributed by atoms with E-state index in [-0.39, 0.29) is 18.4 Å². The van der Waals surface area contributed by atoms with Crippen LogP contribution in [0, 0.1) is 11.8 Å². The third kappa shape index (κ3) is 4.18. The van der Waals surface area contributed by atoms with E-state index in [1.54, 1.807) is 7.11 Å². The van der Waals surface area contributed by atoms with Gasteiger partial charge in [0.2, 0.25) is 5.91 Å². The van der Waals surface area contributed by atoms with Crippen LogP contribution in [0.2, 0.25) is 0 Å². The third-order valence-electron chi connectivity index (χ3n) is 3.08. The summed E-state index contributed by atoms with van der Waals surface area (Å²) in [5.74, 6) is 0.695. The van der Waals surface area contributed by atoms with Gasteiger partial charge in [-0.2, -0.15) is 0 Å². The van der Waals surface area contributed by atoms with Gasteiger partial charge in [0, 0.05) is 26.2 Å². The fourth-order valence-electron chi connectivity index (χ4n) is 2.03. The van der Waals surface area contributed by atoms with Gasteiger partial charge in [0.1, 0.15) is 0 Å². The van der Waals surface area contributed by atoms with E-state index in [2.05, 4.69) is 5.32 Å². The zero-order valence-electron chi connectivity index (χ0n) is 9.37. The van der Waals surface area contributed by atoms with Gasteiger partial charge in [-0.1, -0.05) is 0 Å². The third-order valence-corrected chi connectivity index (χ3v) is 3.08. The molecule has 0 saturated heterocycles. The van der Waals surface area contributed by atoms with Gasteiger partial charge in [0.25, 0.3) is 0 Å². The second-order valence-electron chi connectivity index (χ2n) is 4.18. The van der Waals surface area contributed by atoms with Crippen molar-refractivity contribution in [2.75, 3.05) is 26.9 Å². The van der Waals surface area contributed by atoms with E-state index >= 15 is 0 Å². The number of nitrogens with one attached hydrogen (secondary N) is 1. The monoisotopic (exact) mass is 215 g/mol. The summed E-state index contributed by atoms with van der Waals surface area (Å²) < 4.78 is 4.87. The van der Waals surface area contributed by atoms with Crippen LogP contribution >= 0.6 is 0 Å². The Balaban J connectivity index is 2.18. The lowest BCUT2D eigenvalue weighted by molar-refractivity contribution is -0.126. The van der Waals surface area contributed by atoms with Crippen molar-refractivity contribution in [3.8, 4) is 0 Å². The second-order valence-corrected chi connectivity index (χ2v) is 4.18. The molecule has 2 N–H and O–H groups in total. The maximum Gasteiger partial charge on any atom is 0.223 e. The number of amides is 1. The normalized spacial score (nSPS) is 26.3. The Kier molecular flexibility index (Phi) is 5.65. The highest BCUT2D eigenvalue weighted by molar-refractivity contribution is 5.78. The van der Waals surface area contributed by atoms with Crippen molar-refractivity contribution in [2.24, 2.45) is 11.8 Å². The molecule has 1 rings (SSSR count). The molecule has 1 amide bonds. The molecule has 0 heterocycles. The Morgan fingerprint density at radius 2 is 2.07 bits per heavy atom. The van der Waals surface area contributed by atoms with E-state index in [0.29, 0.717) is 19.1 Å². The van der Waals surface area contributed by atoms with Crippen molar-refractivity contribution >= 4 is 5.91 Å². The van der Waals surface area contributed by atoms with Gasteiger partial charge in [-0.05, 0) is 31.6 Å². The molecule has 0 aromatic carbocycles. The molecular weight excluding hydrogens is 194 g/mol. The first-order valence-corrected chi connectivity index (χ1v) is 5.65. The van der Waals surface area contributed by atoms with Gasteiger partial charge >= 0.3 is 0 Å². The Morgan fingerprint density at radius 1 is 1.40 bits per heavy atom. The van der Waals surface area contributed by atoms with Crippen molar-refractivity contribution in [3.05, 3.63) is 0 Å². The zero-order valence-corrected chi connectivity index (χ0v) is 9.37. The molecule has 4 heteroatoms. The van der Waals surface area contributed by atoms with Gasteiger partial charge < -0.3 is 15.2 Å². The van der Waals surface area contributed by atoms with E-state index < -0.39 is 0 Å². The first kappa shape index (κ1) is 12.5. The predicted octanol–water partition coefficient (Wildman–Crippen LogP) is 0.548. The minimum atomic E-state index is 0.142. The number of ether oxygens (including phenoxy) is 1. The van der Waals surface area contributed by atoms with Crippen LogP contribution in [-0.2, 0) is 9.53 Å². The molecule has 1 aliphatic rings.